The smallest absolute Gasteiger partial charge is 0.0446 e. The third-order valence-electron chi connectivity index (χ3n) is 2.19. The van der Waals surface area contributed by atoms with E-state index in [1.54, 1.807) is 0 Å². The van der Waals surface area contributed by atoms with Gasteiger partial charge in [-0.3, -0.25) is 0 Å². The summed E-state index contributed by atoms with van der Waals surface area (Å²) >= 11 is 0. The molecule has 0 aliphatic heterocycles. The Hall–Kier alpha value is -0.160. The largest absolute Gasteiger partial charge is 0.396 e. The molecule has 0 amide bonds. The van der Waals surface area contributed by atoms with Gasteiger partial charge in [0.2, 0.25) is 0 Å². The molecule has 0 heterocycles. The second kappa shape index (κ2) is 8.17. The van der Waals surface area contributed by atoms with Gasteiger partial charge in [0.25, 0.3) is 0 Å². The van der Waals surface area contributed by atoms with Crippen LogP contribution in [0, 0.1) is 0 Å². The first-order valence-electron chi connectivity index (χ1n) is 5.26. The average molecular weight is 203 g/mol. The molecule has 0 aliphatic carbocycles. The highest BCUT2D eigenvalue weighted by Gasteiger charge is 2.05. The quantitative estimate of drug-likeness (QED) is 0.562. The number of nitrogens with zero attached hydrogens (tertiary/aromatic N) is 2. The highest BCUT2D eigenvalue weighted by Crippen LogP contribution is 1.94. The van der Waals surface area contributed by atoms with Crippen LogP contribution in [0.15, 0.2) is 0 Å². The highest BCUT2D eigenvalue weighted by atomic mass is 16.3. The van der Waals surface area contributed by atoms with Gasteiger partial charge in [-0.2, -0.15) is 0 Å². The van der Waals surface area contributed by atoms with Gasteiger partial charge in [0, 0.05) is 19.2 Å². The fraction of sp³-hybridized carbons (Fsp3) is 1.00. The van der Waals surface area contributed by atoms with Crippen molar-refractivity contribution in [1.82, 2.24) is 9.80 Å². The Bertz CT molecular complexity index is 131. The first-order valence-corrected chi connectivity index (χ1v) is 5.26. The average Bonchev–Trinajstić information content (AvgIpc) is 2.03. The molecule has 0 fully saturated rings. The Balaban J connectivity index is 3.39. The van der Waals surface area contributed by atoms with Gasteiger partial charge in [-0.15, -0.1) is 0 Å². The van der Waals surface area contributed by atoms with Gasteiger partial charge in [-0.05, 0) is 47.1 Å². The van der Waals surface area contributed by atoms with Crippen LogP contribution in [0.3, 0.4) is 0 Å². The molecule has 0 aromatic heterocycles. The third kappa shape index (κ3) is 8.44. The molecule has 4 heteroatoms. The maximum absolute atomic E-state index is 8.69. The Morgan fingerprint density at radius 1 is 1.21 bits per heavy atom. The van der Waals surface area contributed by atoms with E-state index in [9.17, 15) is 0 Å². The third-order valence-corrected chi connectivity index (χ3v) is 2.19. The second-order valence-electron chi connectivity index (χ2n) is 4.19. The van der Waals surface area contributed by atoms with Crippen molar-refractivity contribution in [1.29, 1.82) is 0 Å². The standard InChI is InChI=1S/C10H25N3O/c1-12(2)6-4-7-13(3)9-10(11)5-8-14/h10,14H,4-9,11H2,1-3H3. The molecule has 3 N–H and O–H groups in total. The number of hydrogen-bond donors (Lipinski definition) is 2. The van der Waals surface area contributed by atoms with Crippen LogP contribution < -0.4 is 5.73 Å². The number of aliphatic hydroxyl groups is 1. The number of nitrogens with two attached hydrogens (primary N) is 1. The van der Waals surface area contributed by atoms with Crippen molar-refractivity contribution in [3.05, 3.63) is 0 Å². The monoisotopic (exact) mass is 203 g/mol. The molecule has 0 rings (SSSR count). The van der Waals surface area contributed by atoms with Crippen molar-refractivity contribution in [3.8, 4) is 0 Å². The van der Waals surface area contributed by atoms with Crippen LogP contribution in [-0.2, 0) is 0 Å². The van der Waals surface area contributed by atoms with Crippen LogP contribution in [0.25, 0.3) is 0 Å². The van der Waals surface area contributed by atoms with Crippen LogP contribution in [0.4, 0.5) is 0 Å². The molecule has 0 spiro atoms. The van der Waals surface area contributed by atoms with Crippen LogP contribution in [0.2, 0.25) is 0 Å². The summed E-state index contributed by atoms with van der Waals surface area (Å²) in [6.45, 7) is 3.23. The minimum absolute atomic E-state index is 0.101. The Kier molecular flexibility index (Phi) is 8.08. The zero-order valence-electron chi connectivity index (χ0n) is 9.74. The normalized spacial score (nSPS) is 13.9. The lowest BCUT2D eigenvalue weighted by atomic mass is 10.2. The molecular weight excluding hydrogens is 178 g/mol. The summed E-state index contributed by atoms with van der Waals surface area (Å²) < 4.78 is 0. The van der Waals surface area contributed by atoms with Gasteiger partial charge >= 0.3 is 0 Å². The Labute approximate surface area is 87.7 Å². The minimum Gasteiger partial charge on any atom is -0.396 e. The predicted molar refractivity (Wildman–Crippen MR) is 60.3 cm³/mol. The summed E-state index contributed by atoms with van der Waals surface area (Å²) in [5.74, 6) is 0. The number of rotatable bonds is 8. The maximum Gasteiger partial charge on any atom is 0.0446 e. The van der Waals surface area contributed by atoms with Crippen molar-refractivity contribution in [2.45, 2.75) is 18.9 Å². The summed E-state index contributed by atoms with van der Waals surface area (Å²) in [5, 5.41) is 8.69. The van der Waals surface area contributed by atoms with E-state index >= 15 is 0 Å². The van der Waals surface area contributed by atoms with E-state index in [-0.39, 0.29) is 12.6 Å². The van der Waals surface area contributed by atoms with E-state index in [1.807, 2.05) is 0 Å². The Morgan fingerprint density at radius 2 is 1.86 bits per heavy atom. The summed E-state index contributed by atoms with van der Waals surface area (Å²) in [6.07, 6.45) is 1.85. The zero-order chi connectivity index (χ0) is 11.0. The maximum atomic E-state index is 8.69. The van der Waals surface area contributed by atoms with Gasteiger partial charge < -0.3 is 20.6 Å². The summed E-state index contributed by atoms with van der Waals surface area (Å²) in [6, 6.07) is 0.101. The van der Waals surface area contributed by atoms with Gasteiger partial charge in [-0.25, -0.2) is 0 Å². The molecule has 1 unspecified atom stereocenters. The van der Waals surface area contributed by atoms with Crippen LogP contribution in [-0.4, -0.2) is 68.3 Å². The molecule has 14 heavy (non-hydrogen) atoms. The van der Waals surface area contributed by atoms with E-state index in [0.29, 0.717) is 6.42 Å². The van der Waals surface area contributed by atoms with Crippen molar-refractivity contribution in [3.63, 3.8) is 0 Å². The van der Waals surface area contributed by atoms with Crippen molar-refractivity contribution < 1.29 is 5.11 Å². The molecule has 0 aliphatic rings. The van der Waals surface area contributed by atoms with E-state index in [1.165, 1.54) is 0 Å². The molecule has 86 valence electrons. The molecule has 0 radical (unpaired) electrons. The molecular formula is C10H25N3O. The van der Waals surface area contributed by atoms with E-state index in [2.05, 4.69) is 30.9 Å². The highest BCUT2D eigenvalue weighted by molar-refractivity contribution is 4.65. The van der Waals surface area contributed by atoms with Crippen molar-refractivity contribution in [2.75, 3.05) is 47.4 Å². The zero-order valence-corrected chi connectivity index (χ0v) is 9.74. The summed E-state index contributed by atoms with van der Waals surface area (Å²) in [7, 11) is 6.24. The van der Waals surface area contributed by atoms with Crippen LogP contribution in [0.5, 0.6) is 0 Å². The molecule has 1 atom stereocenters. The number of likely N-dealkylation sites (N-methyl/N-ethyl adjacent to an activating group) is 1. The molecule has 4 nitrogen and oxygen atoms in total. The topological polar surface area (TPSA) is 52.7 Å². The number of hydrogen-bond acceptors (Lipinski definition) is 4. The minimum atomic E-state index is 0.101. The van der Waals surface area contributed by atoms with Crippen molar-refractivity contribution in [2.24, 2.45) is 5.73 Å². The fourth-order valence-corrected chi connectivity index (χ4v) is 1.41. The van der Waals surface area contributed by atoms with Gasteiger partial charge in [0.1, 0.15) is 0 Å². The van der Waals surface area contributed by atoms with Gasteiger partial charge in [-0.1, -0.05) is 0 Å². The predicted octanol–water partition coefficient (Wildman–Crippen LogP) is -0.420. The molecule has 0 saturated heterocycles. The fourth-order valence-electron chi connectivity index (χ4n) is 1.41. The van der Waals surface area contributed by atoms with Crippen LogP contribution in [0.1, 0.15) is 12.8 Å². The molecule has 0 aromatic carbocycles. The van der Waals surface area contributed by atoms with Gasteiger partial charge in [0.05, 0.1) is 0 Å². The first kappa shape index (κ1) is 13.8. The Morgan fingerprint density at radius 3 is 2.36 bits per heavy atom. The molecule has 0 saturated carbocycles. The lowest BCUT2D eigenvalue weighted by Gasteiger charge is -2.21. The summed E-state index contributed by atoms with van der Waals surface area (Å²) in [5.41, 5.74) is 5.80. The van der Waals surface area contributed by atoms with E-state index < -0.39 is 0 Å². The van der Waals surface area contributed by atoms with E-state index in [4.69, 9.17) is 10.8 Å². The number of aliphatic hydroxyl groups excluding tert-OH is 1. The summed E-state index contributed by atoms with van der Waals surface area (Å²) in [4.78, 5) is 4.41. The molecule has 0 aromatic rings. The SMILES string of the molecule is CN(C)CCCN(C)CC(N)CCO. The first-order chi connectivity index (χ1) is 6.56. The molecule has 0 bridgehead atoms. The lowest BCUT2D eigenvalue weighted by molar-refractivity contribution is 0.241. The van der Waals surface area contributed by atoms with Gasteiger partial charge in [0.15, 0.2) is 0 Å². The van der Waals surface area contributed by atoms with E-state index in [0.717, 1.165) is 26.1 Å². The van der Waals surface area contributed by atoms with Crippen LogP contribution >= 0.6 is 0 Å². The second-order valence-corrected chi connectivity index (χ2v) is 4.19. The lowest BCUT2D eigenvalue weighted by Crippen LogP contribution is -2.37. The van der Waals surface area contributed by atoms with Crippen molar-refractivity contribution >= 4 is 0 Å².